The molecule has 1 heterocycles. The summed E-state index contributed by atoms with van der Waals surface area (Å²) in [6, 6.07) is 11.1. The van der Waals surface area contributed by atoms with Gasteiger partial charge in [0.05, 0.1) is 11.9 Å². The fraction of sp³-hybridized carbons (Fsp3) is 0. The predicted octanol–water partition coefficient (Wildman–Crippen LogP) is 1.57. The van der Waals surface area contributed by atoms with E-state index >= 15 is 0 Å². The molecule has 0 saturated heterocycles. The lowest BCUT2D eigenvalue weighted by Crippen LogP contribution is -1.96. The van der Waals surface area contributed by atoms with Crippen LogP contribution >= 0.6 is 0 Å². The molecule has 0 aromatic heterocycles. The zero-order chi connectivity index (χ0) is 9.97. The van der Waals surface area contributed by atoms with E-state index in [1.807, 2.05) is 36.4 Å². The molecule has 1 aliphatic rings. The maximum Gasteiger partial charge on any atom is 0.216 e. The molecule has 0 N–H and O–H groups in total. The summed E-state index contributed by atoms with van der Waals surface area (Å²) in [6.07, 6.45) is 1.18. The summed E-state index contributed by atoms with van der Waals surface area (Å²) in [7, 11) is 0. The number of hydrogen-bond donors (Lipinski definition) is 0. The molecule has 1 aromatic rings. The van der Waals surface area contributed by atoms with E-state index < -0.39 is 0 Å². The maximum absolute atomic E-state index is 11.2. The number of ketones is 1. The van der Waals surface area contributed by atoms with Crippen molar-refractivity contribution in [3.05, 3.63) is 41.5 Å². The number of benzene rings is 1. The summed E-state index contributed by atoms with van der Waals surface area (Å²) in [5.41, 5.74) is 1.39. The minimum Gasteiger partial charge on any atom is -0.287 e. The Kier molecular flexibility index (Phi) is 1.96. The van der Waals surface area contributed by atoms with E-state index in [9.17, 15) is 4.79 Å². The van der Waals surface area contributed by atoms with Crippen molar-refractivity contribution in [3.63, 3.8) is 0 Å². The number of Topliss-reactive ketones (excluding diaryl/α,β-unsaturated/α-hetero) is 1. The Morgan fingerprint density at radius 3 is 2.57 bits per heavy atom. The van der Waals surface area contributed by atoms with Gasteiger partial charge in [-0.1, -0.05) is 30.3 Å². The fourth-order valence-electron chi connectivity index (χ4n) is 1.29. The van der Waals surface area contributed by atoms with E-state index in [2.05, 4.69) is 4.99 Å². The van der Waals surface area contributed by atoms with E-state index in [1.165, 1.54) is 6.21 Å². The number of carbonyl (C=O) groups is 1. The summed E-state index contributed by atoms with van der Waals surface area (Å²) in [5.74, 6) is -0.314. The van der Waals surface area contributed by atoms with Crippen LogP contribution in [0.5, 0.6) is 0 Å². The van der Waals surface area contributed by atoms with E-state index in [1.54, 1.807) is 0 Å². The molecule has 3 nitrogen and oxygen atoms in total. The number of hydrogen-bond acceptors (Lipinski definition) is 3. The van der Waals surface area contributed by atoms with Crippen LogP contribution in [0.25, 0.3) is 5.70 Å². The number of carbonyl (C=O) groups excluding carboxylic acids is 1. The van der Waals surface area contributed by atoms with Gasteiger partial charge in [-0.2, -0.15) is 5.26 Å². The van der Waals surface area contributed by atoms with E-state index in [-0.39, 0.29) is 11.4 Å². The van der Waals surface area contributed by atoms with Crippen LogP contribution in [0.2, 0.25) is 0 Å². The first-order valence-corrected chi connectivity index (χ1v) is 4.11. The van der Waals surface area contributed by atoms with Crippen LogP contribution < -0.4 is 0 Å². The first-order valence-electron chi connectivity index (χ1n) is 4.11. The molecular weight excluding hydrogens is 176 g/mol. The zero-order valence-corrected chi connectivity index (χ0v) is 7.27. The van der Waals surface area contributed by atoms with Gasteiger partial charge in [-0.15, -0.1) is 0 Å². The van der Waals surface area contributed by atoms with Crippen molar-refractivity contribution in [2.24, 2.45) is 4.99 Å². The number of nitrogens with zero attached hydrogens (tertiary/aromatic N) is 2. The van der Waals surface area contributed by atoms with Crippen LogP contribution in [0.15, 0.2) is 40.9 Å². The van der Waals surface area contributed by atoms with E-state index in [4.69, 9.17) is 5.26 Å². The largest absolute Gasteiger partial charge is 0.287 e. The van der Waals surface area contributed by atoms with Crippen LogP contribution in [-0.2, 0) is 4.79 Å². The Morgan fingerprint density at radius 2 is 1.93 bits per heavy atom. The first-order chi connectivity index (χ1) is 6.83. The highest BCUT2D eigenvalue weighted by atomic mass is 16.1. The Labute approximate surface area is 81.0 Å². The van der Waals surface area contributed by atoms with Gasteiger partial charge >= 0.3 is 0 Å². The summed E-state index contributed by atoms with van der Waals surface area (Å²) in [4.78, 5) is 15.1. The Morgan fingerprint density at radius 1 is 1.21 bits per heavy atom. The minimum atomic E-state index is -0.314. The predicted molar refractivity (Wildman–Crippen MR) is 52.5 cm³/mol. The molecule has 1 aromatic carbocycles. The average molecular weight is 182 g/mol. The summed E-state index contributed by atoms with van der Waals surface area (Å²) in [6.45, 7) is 0. The molecular formula is C11H6N2O. The lowest BCUT2D eigenvalue weighted by molar-refractivity contribution is -0.108. The van der Waals surface area contributed by atoms with E-state index in [0.29, 0.717) is 5.70 Å². The molecule has 0 fully saturated rings. The van der Waals surface area contributed by atoms with Gasteiger partial charge in [-0.05, 0) is 0 Å². The summed E-state index contributed by atoms with van der Waals surface area (Å²) in [5, 5.41) is 8.76. The molecule has 66 valence electrons. The Hall–Kier alpha value is -2.21. The van der Waals surface area contributed by atoms with Crippen LogP contribution in [0, 0.1) is 11.3 Å². The SMILES string of the molecule is N#CC1=C(c2ccccc2)N=CC1=O. The van der Waals surface area contributed by atoms with Gasteiger partial charge in [0, 0.05) is 5.56 Å². The third-order valence-electron chi connectivity index (χ3n) is 1.95. The molecule has 0 radical (unpaired) electrons. The second kappa shape index (κ2) is 3.27. The lowest BCUT2D eigenvalue weighted by atomic mass is 10.1. The standard InChI is InChI=1S/C11H6N2O/c12-6-9-10(14)7-13-11(9)8-4-2-1-3-5-8/h1-5,7H. The van der Waals surface area contributed by atoms with Gasteiger partial charge in [0.25, 0.3) is 0 Å². The quantitative estimate of drug-likeness (QED) is 0.662. The van der Waals surface area contributed by atoms with Crippen LogP contribution in [-0.4, -0.2) is 12.0 Å². The van der Waals surface area contributed by atoms with E-state index in [0.717, 1.165) is 5.56 Å². The van der Waals surface area contributed by atoms with Gasteiger partial charge in [-0.3, -0.25) is 9.79 Å². The normalized spacial score (nSPS) is 14.6. The van der Waals surface area contributed by atoms with Gasteiger partial charge in [0.2, 0.25) is 5.78 Å². The van der Waals surface area contributed by atoms with Gasteiger partial charge in [-0.25, -0.2) is 0 Å². The van der Waals surface area contributed by atoms with Gasteiger partial charge in [0.15, 0.2) is 0 Å². The molecule has 0 aliphatic carbocycles. The highest BCUT2D eigenvalue weighted by Gasteiger charge is 2.19. The van der Waals surface area contributed by atoms with Crippen LogP contribution in [0.3, 0.4) is 0 Å². The third kappa shape index (κ3) is 1.23. The molecule has 0 amide bonds. The highest BCUT2D eigenvalue weighted by molar-refractivity contribution is 6.42. The highest BCUT2D eigenvalue weighted by Crippen LogP contribution is 2.23. The average Bonchev–Trinajstić information content (AvgIpc) is 2.61. The fourth-order valence-corrected chi connectivity index (χ4v) is 1.29. The van der Waals surface area contributed by atoms with Crippen molar-refractivity contribution in [1.82, 2.24) is 0 Å². The molecule has 2 rings (SSSR count). The molecule has 0 bridgehead atoms. The molecule has 0 saturated carbocycles. The number of rotatable bonds is 1. The van der Waals surface area contributed by atoms with Crippen LogP contribution in [0.4, 0.5) is 0 Å². The van der Waals surface area contributed by atoms with Crippen molar-refractivity contribution >= 4 is 17.7 Å². The lowest BCUT2D eigenvalue weighted by Gasteiger charge is -1.97. The summed E-state index contributed by atoms with van der Waals surface area (Å²) >= 11 is 0. The molecule has 14 heavy (non-hydrogen) atoms. The Balaban J connectivity index is 2.56. The van der Waals surface area contributed by atoms with Crippen LogP contribution in [0.1, 0.15) is 5.56 Å². The first kappa shape index (κ1) is 8.39. The van der Waals surface area contributed by atoms with Crippen molar-refractivity contribution in [3.8, 4) is 6.07 Å². The second-order valence-electron chi connectivity index (χ2n) is 2.82. The monoisotopic (exact) mass is 182 g/mol. The summed E-state index contributed by atoms with van der Waals surface area (Å²) < 4.78 is 0. The van der Waals surface area contributed by atoms with Crippen molar-refractivity contribution in [1.29, 1.82) is 5.26 Å². The second-order valence-corrected chi connectivity index (χ2v) is 2.82. The minimum absolute atomic E-state index is 0.121. The maximum atomic E-state index is 11.2. The van der Waals surface area contributed by atoms with Crippen molar-refractivity contribution in [2.75, 3.05) is 0 Å². The zero-order valence-electron chi connectivity index (χ0n) is 7.27. The molecule has 0 atom stereocenters. The Bertz CT molecular complexity index is 478. The van der Waals surface area contributed by atoms with Gasteiger partial charge < -0.3 is 0 Å². The van der Waals surface area contributed by atoms with Crippen molar-refractivity contribution < 1.29 is 4.79 Å². The van der Waals surface area contributed by atoms with Crippen molar-refractivity contribution in [2.45, 2.75) is 0 Å². The number of nitriles is 1. The smallest absolute Gasteiger partial charge is 0.216 e. The molecule has 0 spiro atoms. The molecule has 1 aliphatic heterocycles. The molecule has 3 heteroatoms. The van der Waals surface area contributed by atoms with Gasteiger partial charge in [0.1, 0.15) is 11.6 Å². The third-order valence-corrected chi connectivity index (χ3v) is 1.95. The number of aliphatic imine (C=N–C) groups is 1. The molecule has 0 unspecified atom stereocenters. The number of allylic oxidation sites excluding steroid dienone is 1. The topological polar surface area (TPSA) is 53.2 Å².